The van der Waals surface area contributed by atoms with E-state index in [2.05, 4.69) is 12.7 Å². The van der Waals surface area contributed by atoms with Gasteiger partial charge in [-0.3, -0.25) is 29.8 Å². The number of unbranched alkanes of at least 4 members (excludes halogenated alkanes) is 2. The van der Waals surface area contributed by atoms with Crippen molar-refractivity contribution in [2.45, 2.75) is 75.8 Å². The Morgan fingerprint density at radius 1 is 0.846 bits per heavy atom. The standard InChI is InChI=1S/C59H60N4O15/c1-3-28-75-59-55(61(34-40-14-22-53-54(29-40)74-37-73-53)56(67)25-15-38-10-16-43(17-11-38)62(68)69)33-50(60-76-36-39-12-18-44(19-13-39)63(70)71)48-31-41(8-4-6-26-64)47(9-5-7-27-65)57(58(48)59)49-32-46(21-24-52(49)78-59)77-45-20-23-51(72-2)42(30-45)35-66/h3,10-25,29-32,35,41,47,55,57-58,64-65H,1,4-9,26-28,33-34,36-37H2,2H3/t41-,47+,55-,57+,58+,59+/m0/s1. The van der Waals surface area contributed by atoms with Gasteiger partial charge in [-0.25, -0.2) is 0 Å². The zero-order valence-electron chi connectivity index (χ0n) is 43.0. The number of fused-ring (bicyclic) bond motifs is 3. The molecule has 2 aliphatic heterocycles. The number of hydrogen-bond donors (Lipinski definition) is 2. The average molecular weight is 1070 g/mol. The van der Waals surface area contributed by atoms with Crippen molar-refractivity contribution >= 4 is 35.4 Å². The Morgan fingerprint density at radius 3 is 2.23 bits per heavy atom. The van der Waals surface area contributed by atoms with Gasteiger partial charge >= 0.3 is 0 Å². The van der Waals surface area contributed by atoms with Crippen molar-refractivity contribution in [2.75, 3.05) is 33.7 Å². The predicted octanol–water partition coefficient (Wildman–Crippen LogP) is 10.4. The second-order valence-electron chi connectivity index (χ2n) is 19.4. The zero-order chi connectivity index (χ0) is 54.8. The molecule has 2 aliphatic carbocycles. The molecule has 1 amide bonds. The Morgan fingerprint density at radius 2 is 1.53 bits per heavy atom. The molecule has 0 radical (unpaired) electrons. The Balaban J connectivity index is 1.24. The minimum atomic E-state index is -1.68. The molecular weight excluding hydrogens is 1000 g/mol. The van der Waals surface area contributed by atoms with Gasteiger partial charge in [-0.15, -0.1) is 6.58 Å². The molecule has 0 aromatic heterocycles. The van der Waals surface area contributed by atoms with E-state index in [4.69, 9.17) is 38.4 Å². The molecule has 0 unspecified atom stereocenters. The number of aliphatic hydroxyl groups is 2. The van der Waals surface area contributed by atoms with Gasteiger partial charge in [-0.05, 0) is 139 Å². The van der Waals surface area contributed by atoms with Gasteiger partial charge in [-0.2, -0.15) is 0 Å². The second-order valence-corrected chi connectivity index (χ2v) is 19.4. The molecule has 1 saturated carbocycles. The maximum atomic E-state index is 15.5. The number of nitro benzene ring substituents is 2. The Hall–Kier alpha value is -8.39. The smallest absolute Gasteiger partial charge is 0.269 e. The van der Waals surface area contributed by atoms with E-state index < -0.39 is 39.4 Å². The zero-order valence-corrected chi connectivity index (χ0v) is 43.0. The van der Waals surface area contributed by atoms with Gasteiger partial charge in [0, 0.05) is 68.0 Å². The molecule has 0 spiro atoms. The molecule has 1 fully saturated rings. The van der Waals surface area contributed by atoms with Crippen LogP contribution in [0.15, 0.2) is 139 Å². The van der Waals surface area contributed by atoms with Crippen molar-refractivity contribution in [3.63, 3.8) is 0 Å². The third-order valence-electron chi connectivity index (χ3n) is 14.7. The van der Waals surface area contributed by atoms with Crippen LogP contribution in [0.4, 0.5) is 11.4 Å². The monoisotopic (exact) mass is 1060 g/mol. The molecule has 9 rings (SSSR count). The SMILES string of the molecule is C=CCO[C@@]12Oc3ccc(Oc4ccc(OC)c(C=O)c4)cc3[C@H]3[C@H](CCCCO)[C@@H](CCCCO)C=C(C(=NOCc4ccc([N+](=O)[O-])cc4)C[C@@H]1N(Cc1ccc4c(c1)OCO4)C(=O)C=Cc1ccc([N+](=O)[O-])cc1)[C@H]32. The highest BCUT2D eigenvalue weighted by atomic mass is 16.7. The normalized spacial score (nSPS) is 21.1. The molecule has 2 N–H and O–H groups in total. The van der Waals surface area contributed by atoms with Gasteiger partial charge in [-0.1, -0.05) is 36.2 Å². The van der Waals surface area contributed by atoms with Gasteiger partial charge in [0.1, 0.15) is 35.6 Å². The number of aldehydes is 1. The van der Waals surface area contributed by atoms with Gasteiger partial charge in [0.05, 0.1) is 40.8 Å². The van der Waals surface area contributed by atoms with E-state index in [1.54, 1.807) is 71.6 Å². The van der Waals surface area contributed by atoms with Crippen molar-refractivity contribution in [3.8, 4) is 34.5 Å². The maximum Gasteiger partial charge on any atom is 0.269 e. The summed E-state index contributed by atoms with van der Waals surface area (Å²) in [6.45, 7) is 4.00. The van der Waals surface area contributed by atoms with Crippen LogP contribution in [0.2, 0.25) is 0 Å². The molecule has 78 heavy (non-hydrogen) atoms. The molecule has 6 atom stereocenters. The molecule has 19 heteroatoms. The fraction of sp³-hybridized carbons (Fsp3) is 0.339. The highest BCUT2D eigenvalue weighted by molar-refractivity contribution is 6.03. The lowest BCUT2D eigenvalue weighted by Gasteiger charge is -2.60. The van der Waals surface area contributed by atoms with E-state index in [1.165, 1.54) is 37.5 Å². The number of nitrogens with zero attached hydrogens (tertiary/aromatic N) is 4. The summed E-state index contributed by atoms with van der Waals surface area (Å²) in [5, 5.41) is 48.2. The fourth-order valence-electron chi connectivity index (χ4n) is 11.2. The van der Waals surface area contributed by atoms with Crippen molar-refractivity contribution < 1.29 is 62.9 Å². The molecule has 0 bridgehead atoms. The summed E-state index contributed by atoms with van der Waals surface area (Å²) in [5.41, 5.74) is 4.00. The minimum Gasteiger partial charge on any atom is -0.496 e. The van der Waals surface area contributed by atoms with Gasteiger partial charge in [0.25, 0.3) is 11.4 Å². The van der Waals surface area contributed by atoms with E-state index >= 15 is 4.79 Å². The van der Waals surface area contributed by atoms with E-state index in [9.17, 15) is 35.2 Å². The molecule has 5 aromatic rings. The average Bonchev–Trinajstić information content (AvgIpc) is 3.51. The van der Waals surface area contributed by atoms with Gasteiger partial charge < -0.3 is 48.4 Å². The van der Waals surface area contributed by atoms with E-state index in [0.29, 0.717) is 107 Å². The van der Waals surface area contributed by atoms with Crippen molar-refractivity contribution in [1.29, 1.82) is 0 Å². The number of amides is 1. The number of carbonyl (C=O) groups is 2. The number of non-ortho nitro benzene ring substituents is 2. The van der Waals surface area contributed by atoms with Gasteiger partial charge in [0.15, 0.2) is 17.8 Å². The number of nitro groups is 2. The summed E-state index contributed by atoms with van der Waals surface area (Å²) in [5.74, 6) is -0.809. The van der Waals surface area contributed by atoms with E-state index in [-0.39, 0.29) is 69.4 Å². The summed E-state index contributed by atoms with van der Waals surface area (Å²) in [4.78, 5) is 57.6. The summed E-state index contributed by atoms with van der Waals surface area (Å²) in [6, 6.07) is 26.7. The van der Waals surface area contributed by atoms with Gasteiger partial charge in [0.2, 0.25) is 18.5 Å². The molecule has 5 aromatic carbocycles. The van der Waals surface area contributed by atoms with Crippen LogP contribution in [0.3, 0.4) is 0 Å². The van der Waals surface area contributed by atoms with Crippen molar-refractivity contribution in [3.05, 3.63) is 182 Å². The van der Waals surface area contributed by atoms with Crippen molar-refractivity contribution in [1.82, 2.24) is 4.90 Å². The van der Waals surface area contributed by atoms with Crippen LogP contribution in [0.5, 0.6) is 34.5 Å². The third-order valence-corrected chi connectivity index (χ3v) is 14.7. The van der Waals surface area contributed by atoms with Crippen LogP contribution in [0, 0.1) is 38.0 Å². The topological polar surface area (TPSA) is 241 Å². The van der Waals surface area contributed by atoms with Crippen LogP contribution < -0.4 is 23.7 Å². The third kappa shape index (κ3) is 11.8. The minimum absolute atomic E-state index is 0.00530. The highest BCUT2D eigenvalue weighted by Crippen LogP contribution is 2.62. The van der Waals surface area contributed by atoms with Crippen LogP contribution in [-0.2, 0) is 27.5 Å². The lowest BCUT2D eigenvalue weighted by molar-refractivity contribution is -0.385. The second kappa shape index (κ2) is 24.7. The first-order valence-electron chi connectivity index (χ1n) is 25.8. The molecular formula is C59H60N4O15. The number of oxime groups is 1. The van der Waals surface area contributed by atoms with Crippen LogP contribution in [-0.4, -0.2) is 88.4 Å². The number of ether oxygens (including phenoxy) is 6. The number of benzene rings is 5. The molecule has 19 nitrogen and oxygen atoms in total. The first kappa shape index (κ1) is 54.4. The summed E-state index contributed by atoms with van der Waals surface area (Å²) < 4.78 is 38.0. The first-order chi connectivity index (χ1) is 38.0. The lowest BCUT2D eigenvalue weighted by atomic mass is 9.55. The van der Waals surface area contributed by atoms with Crippen LogP contribution >= 0.6 is 0 Å². The number of hydrogen-bond acceptors (Lipinski definition) is 16. The highest BCUT2D eigenvalue weighted by Gasteiger charge is 2.65. The fourth-order valence-corrected chi connectivity index (χ4v) is 11.2. The lowest BCUT2D eigenvalue weighted by Crippen LogP contribution is -2.70. The summed E-state index contributed by atoms with van der Waals surface area (Å²) in [7, 11) is 1.48. The Labute approximate surface area is 450 Å². The number of rotatable bonds is 25. The molecule has 406 valence electrons. The summed E-state index contributed by atoms with van der Waals surface area (Å²) in [6.07, 6.45) is 11.4. The van der Waals surface area contributed by atoms with Crippen molar-refractivity contribution in [2.24, 2.45) is 22.9 Å². The van der Waals surface area contributed by atoms with Crippen LogP contribution in [0.25, 0.3) is 6.08 Å². The first-order valence-corrected chi connectivity index (χ1v) is 25.8. The Bertz CT molecular complexity index is 3100. The molecule has 2 heterocycles. The number of methoxy groups -OCH3 is 1. The van der Waals surface area contributed by atoms with E-state index in [1.807, 2.05) is 24.3 Å². The Kier molecular flexibility index (Phi) is 17.2. The molecule has 4 aliphatic rings. The van der Waals surface area contributed by atoms with E-state index in [0.717, 1.165) is 11.1 Å². The quantitative estimate of drug-likeness (QED) is 0.0138. The number of aliphatic hydroxyl groups excluding tert-OH is 2. The maximum absolute atomic E-state index is 15.5. The number of allylic oxidation sites excluding steroid dienone is 1. The predicted molar refractivity (Wildman–Crippen MR) is 287 cm³/mol. The molecule has 0 saturated heterocycles. The number of carbonyl (C=O) groups excluding carboxylic acids is 2. The van der Waals surface area contributed by atoms with Crippen LogP contribution in [0.1, 0.15) is 83.5 Å². The summed E-state index contributed by atoms with van der Waals surface area (Å²) >= 11 is 0. The largest absolute Gasteiger partial charge is 0.496 e.